The number of ether oxygens (including phenoxy) is 6. The third-order valence-corrected chi connectivity index (χ3v) is 8.40. The molecule has 0 aromatic heterocycles. The lowest BCUT2D eigenvalue weighted by Gasteiger charge is -2.46. The van der Waals surface area contributed by atoms with Gasteiger partial charge in [0.05, 0.1) is 30.8 Å². The molecule has 3 saturated heterocycles. The van der Waals surface area contributed by atoms with Gasteiger partial charge in [0.25, 0.3) is 10.1 Å². The zero-order valence-corrected chi connectivity index (χ0v) is 22.8. The fraction of sp³-hybridized carbons (Fsp3) is 0.556. The van der Waals surface area contributed by atoms with Gasteiger partial charge in [-0.15, -0.1) is 0 Å². The Morgan fingerprint density at radius 2 is 1.68 bits per heavy atom. The van der Waals surface area contributed by atoms with Crippen molar-refractivity contribution in [2.24, 2.45) is 0 Å². The van der Waals surface area contributed by atoms with E-state index in [0.717, 1.165) is 11.1 Å². The van der Waals surface area contributed by atoms with E-state index in [1.807, 2.05) is 37.3 Å². The second-order valence-corrected chi connectivity index (χ2v) is 11.6. The lowest BCUT2D eigenvalue weighted by Crippen LogP contribution is -2.62. The van der Waals surface area contributed by atoms with E-state index in [-0.39, 0.29) is 18.1 Å². The second kappa shape index (κ2) is 12.5. The molecule has 40 heavy (non-hydrogen) atoms. The molecule has 3 fully saturated rings. The number of hydrogen-bond acceptors (Lipinski definition) is 12. The molecule has 3 N–H and O–H groups in total. The first kappa shape index (κ1) is 29.5. The number of aliphatic hydroxyl groups excluding tert-OH is 3. The minimum absolute atomic E-state index is 0.00132. The lowest BCUT2D eigenvalue weighted by molar-refractivity contribution is -0.368. The smallest absolute Gasteiger partial charge is 0.297 e. The molecule has 3 aliphatic rings. The lowest BCUT2D eigenvalue weighted by atomic mass is 9.97. The van der Waals surface area contributed by atoms with E-state index in [9.17, 15) is 23.7 Å². The Hall–Kier alpha value is -2.01. The van der Waals surface area contributed by atoms with Crippen LogP contribution in [0.4, 0.5) is 0 Å². The van der Waals surface area contributed by atoms with Crippen LogP contribution in [0.3, 0.4) is 0 Å². The van der Waals surface area contributed by atoms with Crippen LogP contribution in [0.15, 0.2) is 59.5 Å². The van der Waals surface area contributed by atoms with Crippen molar-refractivity contribution in [1.29, 1.82) is 0 Å². The van der Waals surface area contributed by atoms with Crippen molar-refractivity contribution < 1.29 is 56.3 Å². The molecule has 0 radical (unpaired) electrons. The molecule has 0 aliphatic carbocycles. The van der Waals surface area contributed by atoms with Crippen LogP contribution in [0, 0.1) is 6.92 Å². The fourth-order valence-electron chi connectivity index (χ4n) is 4.74. The van der Waals surface area contributed by atoms with E-state index in [1.54, 1.807) is 19.1 Å². The van der Waals surface area contributed by atoms with Crippen LogP contribution in [-0.2, 0) is 42.7 Å². The quantitative estimate of drug-likeness (QED) is 0.357. The molecule has 10 atom stereocenters. The van der Waals surface area contributed by atoms with E-state index < -0.39 is 78.3 Å². The van der Waals surface area contributed by atoms with Crippen molar-refractivity contribution in [2.45, 2.75) is 80.3 Å². The minimum atomic E-state index is -4.19. The molecule has 0 amide bonds. The second-order valence-electron chi connectivity index (χ2n) is 10.0. The van der Waals surface area contributed by atoms with Crippen molar-refractivity contribution in [3.8, 4) is 0 Å². The van der Waals surface area contributed by atoms with Crippen molar-refractivity contribution >= 4 is 10.1 Å². The van der Waals surface area contributed by atoms with Gasteiger partial charge in [0.2, 0.25) is 0 Å². The summed E-state index contributed by atoms with van der Waals surface area (Å²) >= 11 is 0. The Bertz CT molecular complexity index is 1210. The summed E-state index contributed by atoms with van der Waals surface area (Å²) in [6.07, 6.45) is -10.1. The topological polar surface area (TPSA) is 159 Å². The molecule has 2 aromatic rings. The van der Waals surface area contributed by atoms with Gasteiger partial charge in [0.15, 0.2) is 25.0 Å². The van der Waals surface area contributed by atoms with Gasteiger partial charge in [-0.2, -0.15) is 8.42 Å². The summed E-state index contributed by atoms with van der Waals surface area (Å²) in [5.41, 5.74) is 1.66. The fourth-order valence-corrected chi connectivity index (χ4v) is 5.79. The monoisotopic (exact) mass is 582 g/mol. The molecule has 3 aliphatic heterocycles. The SMILES string of the molecule is Cc1ccc(S(=O)(=O)O[C@@H](CO)[C@@H]2OCC([C@H](C)O[C@@H]3O[C@H]4COC(c5ccccc5)O[C@H]4C(O)[C@@H]3O)O2)cc1. The highest BCUT2D eigenvalue weighted by Gasteiger charge is 2.50. The van der Waals surface area contributed by atoms with E-state index >= 15 is 0 Å². The van der Waals surface area contributed by atoms with E-state index in [4.69, 9.17) is 32.6 Å². The van der Waals surface area contributed by atoms with Gasteiger partial charge in [-0.25, -0.2) is 0 Å². The molecule has 12 nitrogen and oxygen atoms in total. The summed E-state index contributed by atoms with van der Waals surface area (Å²) in [4.78, 5) is -0.0612. The molecular weight excluding hydrogens is 548 g/mol. The minimum Gasteiger partial charge on any atom is -0.393 e. The maximum atomic E-state index is 12.7. The third kappa shape index (κ3) is 6.40. The summed E-state index contributed by atoms with van der Waals surface area (Å²) in [6, 6.07) is 15.3. The number of aliphatic hydroxyl groups is 3. The maximum Gasteiger partial charge on any atom is 0.297 e. The van der Waals surface area contributed by atoms with Gasteiger partial charge in [-0.05, 0) is 26.0 Å². The average Bonchev–Trinajstić information content (AvgIpc) is 3.45. The van der Waals surface area contributed by atoms with Crippen molar-refractivity contribution in [3.63, 3.8) is 0 Å². The highest BCUT2D eigenvalue weighted by Crippen LogP contribution is 2.35. The van der Waals surface area contributed by atoms with Crippen molar-refractivity contribution in [3.05, 3.63) is 65.7 Å². The average molecular weight is 583 g/mol. The van der Waals surface area contributed by atoms with E-state index in [2.05, 4.69) is 0 Å². The van der Waals surface area contributed by atoms with Crippen LogP contribution >= 0.6 is 0 Å². The Labute approximate surface area is 232 Å². The molecule has 0 saturated carbocycles. The highest BCUT2D eigenvalue weighted by atomic mass is 32.2. The van der Waals surface area contributed by atoms with Gasteiger partial charge in [-0.1, -0.05) is 48.0 Å². The van der Waals surface area contributed by atoms with Gasteiger partial charge in [-0.3, -0.25) is 4.18 Å². The van der Waals surface area contributed by atoms with Gasteiger partial charge < -0.3 is 43.7 Å². The van der Waals surface area contributed by atoms with Crippen LogP contribution in [0.5, 0.6) is 0 Å². The molecular formula is C27H34O12S. The first-order valence-corrected chi connectivity index (χ1v) is 14.4. The summed E-state index contributed by atoms with van der Waals surface area (Å²) in [5.74, 6) is 0. The Morgan fingerprint density at radius 3 is 2.38 bits per heavy atom. The van der Waals surface area contributed by atoms with Gasteiger partial charge in [0.1, 0.15) is 30.5 Å². The zero-order chi connectivity index (χ0) is 28.4. The normalized spacial score (nSPS) is 34.2. The molecule has 2 aromatic carbocycles. The van der Waals surface area contributed by atoms with Crippen LogP contribution in [0.25, 0.3) is 0 Å². The molecule has 0 spiro atoms. The number of fused-ring (bicyclic) bond motifs is 1. The first-order valence-electron chi connectivity index (χ1n) is 13.0. The third-order valence-electron chi connectivity index (χ3n) is 7.05. The largest absolute Gasteiger partial charge is 0.393 e. The van der Waals surface area contributed by atoms with Gasteiger partial charge >= 0.3 is 0 Å². The summed E-state index contributed by atoms with van der Waals surface area (Å²) in [7, 11) is -4.19. The van der Waals surface area contributed by atoms with E-state index in [1.165, 1.54) is 12.1 Å². The van der Waals surface area contributed by atoms with Crippen LogP contribution in [0.2, 0.25) is 0 Å². The van der Waals surface area contributed by atoms with Crippen LogP contribution < -0.4 is 0 Å². The summed E-state index contributed by atoms with van der Waals surface area (Å²) in [6.45, 7) is 2.91. The summed E-state index contributed by atoms with van der Waals surface area (Å²) < 4.78 is 65.4. The Balaban J connectivity index is 1.16. The predicted molar refractivity (Wildman–Crippen MR) is 136 cm³/mol. The standard InChI is InChI=1S/C27H34O12S/c1-15-8-10-18(11-9-15)40(31,32)39-19(12-28)26-34-13-20(36-26)16(2)35-27-23(30)22(29)24-21(37-27)14-33-25(38-24)17-6-4-3-5-7-17/h3-11,16,19-30H,12-14H2,1-2H3/t16-,19-,20?,21-,22?,23-,24+,25?,26+,27+/m0/s1. The van der Waals surface area contributed by atoms with Gasteiger partial charge in [0, 0.05) is 5.56 Å². The highest BCUT2D eigenvalue weighted by molar-refractivity contribution is 7.86. The number of benzene rings is 2. The van der Waals surface area contributed by atoms with Crippen LogP contribution in [-0.4, -0.2) is 98.9 Å². The van der Waals surface area contributed by atoms with Crippen molar-refractivity contribution in [2.75, 3.05) is 19.8 Å². The Kier molecular flexibility index (Phi) is 9.19. The number of rotatable bonds is 9. The predicted octanol–water partition coefficient (Wildman–Crippen LogP) is 0.769. The molecule has 13 heteroatoms. The molecule has 0 bridgehead atoms. The molecule has 220 valence electrons. The number of hydrogen-bond donors (Lipinski definition) is 3. The van der Waals surface area contributed by atoms with Crippen molar-refractivity contribution in [1.82, 2.24) is 0 Å². The number of aryl methyl sites for hydroxylation is 1. The summed E-state index contributed by atoms with van der Waals surface area (Å²) in [5, 5.41) is 31.4. The molecule has 3 unspecified atom stereocenters. The zero-order valence-electron chi connectivity index (χ0n) is 22.0. The Morgan fingerprint density at radius 1 is 0.950 bits per heavy atom. The van der Waals surface area contributed by atoms with Crippen LogP contribution in [0.1, 0.15) is 24.3 Å². The first-order chi connectivity index (χ1) is 19.2. The molecule has 5 rings (SSSR count). The molecule has 3 heterocycles. The maximum absolute atomic E-state index is 12.7. The van der Waals surface area contributed by atoms with E-state index in [0.29, 0.717) is 0 Å².